The molecule has 0 fully saturated rings. The van der Waals surface area contributed by atoms with E-state index in [1.54, 1.807) is 0 Å². The summed E-state index contributed by atoms with van der Waals surface area (Å²) in [5.74, 6) is 6.56. The summed E-state index contributed by atoms with van der Waals surface area (Å²) in [4.78, 5) is 2.36. The van der Waals surface area contributed by atoms with Gasteiger partial charge in [-0.1, -0.05) is 53.8 Å². The van der Waals surface area contributed by atoms with Crippen LogP contribution < -0.4 is 4.90 Å². The van der Waals surface area contributed by atoms with Crippen LogP contribution in [0.2, 0.25) is 5.02 Å². The zero-order valence-corrected chi connectivity index (χ0v) is 13.9. The number of para-hydroxylation sites is 2. The third kappa shape index (κ3) is 2.89. The highest BCUT2D eigenvalue weighted by Crippen LogP contribution is 2.35. The molecule has 0 saturated carbocycles. The van der Waals surface area contributed by atoms with E-state index in [0.717, 1.165) is 29.1 Å². The van der Waals surface area contributed by atoms with Gasteiger partial charge in [-0.15, -0.1) is 0 Å². The summed E-state index contributed by atoms with van der Waals surface area (Å²) in [6.45, 7) is 0.999. The topological polar surface area (TPSA) is 3.24 Å². The van der Waals surface area contributed by atoms with Gasteiger partial charge in [0.25, 0.3) is 0 Å². The molecule has 0 atom stereocenters. The third-order valence-corrected chi connectivity index (χ3v) is 4.52. The Kier molecular flexibility index (Phi) is 3.99. The lowest BCUT2D eigenvalue weighted by Crippen LogP contribution is -2.14. The van der Waals surface area contributed by atoms with Gasteiger partial charge in [0.1, 0.15) is 0 Å². The summed E-state index contributed by atoms with van der Waals surface area (Å²) in [6.07, 6.45) is 1.08. The van der Waals surface area contributed by atoms with Gasteiger partial charge in [-0.3, -0.25) is 0 Å². The molecule has 0 aromatic heterocycles. The monoisotopic (exact) mass is 329 g/mol. The van der Waals surface area contributed by atoms with Crippen LogP contribution in [0, 0.1) is 11.8 Å². The minimum Gasteiger partial charge on any atom is -0.340 e. The summed E-state index contributed by atoms with van der Waals surface area (Å²) < 4.78 is 0. The second-order valence-corrected chi connectivity index (χ2v) is 6.24. The van der Waals surface area contributed by atoms with Crippen molar-refractivity contribution < 1.29 is 0 Å². The quantitative estimate of drug-likeness (QED) is 0.538. The number of rotatable bonds is 1. The SMILES string of the molecule is Clc1ccc(C#Cc2ccccc2N2CCc3ccccc32)cc1. The maximum absolute atomic E-state index is 5.93. The van der Waals surface area contributed by atoms with Crippen LogP contribution in [0.15, 0.2) is 72.8 Å². The first kappa shape index (κ1) is 14.9. The second kappa shape index (κ2) is 6.43. The first-order valence-electron chi connectivity index (χ1n) is 8.03. The van der Waals surface area contributed by atoms with Gasteiger partial charge in [-0.05, 0) is 54.4 Å². The summed E-state index contributed by atoms with van der Waals surface area (Å²) in [6, 6.07) is 24.6. The normalized spacial score (nSPS) is 12.5. The zero-order valence-electron chi connectivity index (χ0n) is 13.2. The number of nitrogens with zero attached hydrogens (tertiary/aromatic N) is 1. The Balaban J connectivity index is 1.71. The van der Waals surface area contributed by atoms with Gasteiger partial charge in [-0.2, -0.15) is 0 Å². The molecule has 116 valence electrons. The van der Waals surface area contributed by atoms with E-state index in [4.69, 9.17) is 11.6 Å². The molecule has 1 aliphatic heterocycles. The maximum Gasteiger partial charge on any atom is 0.0570 e. The molecule has 3 aromatic rings. The summed E-state index contributed by atoms with van der Waals surface area (Å²) in [5, 5.41) is 0.731. The largest absolute Gasteiger partial charge is 0.340 e. The van der Waals surface area contributed by atoms with E-state index < -0.39 is 0 Å². The van der Waals surface area contributed by atoms with Crippen molar-refractivity contribution in [3.05, 3.63) is 94.5 Å². The molecular formula is C22H16ClN. The van der Waals surface area contributed by atoms with Gasteiger partial charge in [0.15, 0.2) is 0 Å². The van der Waals surface area contributed by atoms with E-state index in [2.05, 4.69) is 59.2 Å². The van der Waals surface area contributed by atoms with E-state index >= 15 is 0 Å². The van der Waals surface area contributed by atoms with Gasteiger partial charge in [0.05, 0.1) is 5.69 Å². The van der Waals surface area contributed by atoms with Crippen LogP contribution in [0.25, 0.3) is 0 Å². The fourth-order valence-electron chi connectivity index (χ4n) is 3.08. The summed E-state index contributed by atoms with van der Waals surface area (Å²) >= 11 is 5.93. The van der Waals surface area contributed by atoms with Crippen molar-refractivity contribution in [2.45, 2.75) is 6.42 Å². The first-order valence-corrected chi connectivity index (χ1v) is 8.41. The van der Waals surface area contributed by atoms with Crippen molar-refractivity contribution in [2.75, 3.05) is 11.4 Å². The average molecular weight is 330 g/mol. The Morgan fingerprint density at radius 1 is 0.750 bits per heavy atom. The van der Waals surface area contributed by atoms with E-state index in [-0.39, 0.29) is 0 Å². The van der Waals surface area contributed by atoms with Crippen LogP contribution in [-0.2, 0) is 6.42 Å². The molecule has 1 nitrogen and oxygen atoms in total. The lowest BCUT2D eigenvalue weighted by atomic mass is 10.1. The maximum atomic E-state index is 5.93. The van der Waals surface area contributed by atoms with Gasteiger partial charge < -0.3 is 4.90 Å². The highest BCUT2D eigenvalue weighted by Gasteiger charge is 2.21. The first-order chi connectivity index (χ1) is 11.8. The van der Waals surface area contributed by atoms with Crippen LogP contribution in [-0.4, -0.2) is 6.54 Å². The van der Waals surface area contributed by atoms with E-state index in [1.807, 2.05) is 30.3 Å². The summed E-state index contributed by atoms with van der Waals surface area (Å²) in [5.41, 5.74) is 5.88. The standard InChI is InChI=1S/C22H16ClN/c23-20-13-10-17(11-14-20)9-12-18-5-1-3-7-21(18)24-16-15-19-6-2-4-8-22(19)24/h1-8,10-11,13-14H,15-16H2. The molecule has 0 saturated heterocycles. The van der Waals surface area contributed by atoms with Crippen molar-refractivity contribution in [1.82, 2.24) is 0 Å². The molecule has 0 amide bonds. The number of anilines is 2. The van der Waals surface area contributed by atoms with Gasteiger partial charge >= 0.3 is 0 Å². The number of hydrogen-bond acceptors (Lipinski definition) is 1. The van der Waals surface area contributed by atoms with Crippen molar-refractivity contribution in [1.29, 1.82) is 0 Å². The molecule has 1 aliphatic rings. The van der Waals surface area contributed by atoms with Gasteiger partial charge in [0, 0.05) is 28.4 Å². The van der Waals surface area contributed by atoms with Crippen molar-refractivity contribution >= 4 is 23.0 Å². The lowest BCUT2D eigenvalue weighted by Gasteiger charge is -2.21. The van der Waals surface area contributed by atoms with Crippen LogP contribution in [0.3, 0.4) is 0 Å². The van der Waals surface area contributed by atoms with Gasteiger partial charge in [-0.25, -0.2) is 0 Å². The molecule has 24 heavy (non-hydrogen) atoms. The molecule has 1 heterocycles. The average Bonchev–Trinajstić information content (AvgIpc) is 3.05. The van der Waals surface area contributed by atoms with Gasteiger partial charge in [0.2, 0.25) is 0 Å². The molecule has 4 rings (SSSR count). The van der Waals surface area contributed by atoms with Crippen LogP contribution >= 0.6 is 11.6 Å². The second-order valence-electron chi connectivity index (χ2n) is 5.80. The highest BCUT2D eigenvalue weighted by molar-refractivity contribution is 6.30. The van der Waals surface area contributed by atoms with Crippen molar-refractivity contribution in [3.8, 4) is 11.8 Å². The lowest BCUT2D eigenvalue weighted by molar-refractivity contribution is 0.997. The van der Waals surface area contributed by atoms with E-state index in [9.17, 15) is 0 Å². The van der Waals surface area contributed by atoms with E-state index in [1.165, 1.54) is 16.9 Å². The predicted octanol–water partition coefficient (Wildman–Crippen LogP) is 5.43. The van der Waals surface area contributed by atoms with Crippen LogP contribution in [0.4, 0.5) is 11.4 Å². The molecule has 0 aliphatic carbocycles. The Labute approximate surface area is 147 Å². The highest BCUT2D eigenvalue weighted by atomic mass is 35.5. The Morgan fingerprint density at radius 2 is 1.46 bits per heavy atom. The smallest absolute Gasteiger partial charge is 0.0570 e. The van der Waals surface area contributed by atoms with Crippen LogP contribution in [0.1, 0.15) is 16.7 Å². The number of hydrogen-bond donors (Lipinski definition) is 0. The molecule has 2 heteroatoms. The predicted molar refractivity (Wildman–Crippen MR) is 101 cm³/mol. The molecule has 0 unspecified atom stereocenters. The molecule has 0 radical (unpaired) electrons. The fourth-order valence-corrected chi connectivity index (χ4v) is 3.20. The van der Waals surface area contributed by atoms with Crippen LogP contribution in [0.5, 0.6) is 0 Å². The Morgan fingerprint density at radius 3 is 2.29 bits per heavy atom. The summed E-state index contributed by atoms with van der Waals surface area (Å²) in [7, 11) is 0. The molecule has 0 spiro atoms. The zero-order chi connectivity index (χ0) is 16.4. The third-order valence-electron chi connectivity index (χ3n) is 4.27. The Hall–Kier alpha value is -2.69. The number of fused-ring (bicyclic) bond motifs is 1. The molecular weight excluding hydrogens is 314 g/mol. The fraction of sp³-hybridized carbons (Fsp3) is 0.0909. The van der Waals surface area contributed by atoms with Crippen molar-refractivity contribution in [2.24, 2.45) is 0 Å². The minimum absolute atomic E-state index is 0.731. The number of halogens is 1. The van der Waals surface area contributed by atoms with Crippen molar-refractivity contribution in [3.63, 3.8) is 0 Å². The molecule has 3 aromatic carbocycles. The molecule has 0 bridgehead atoms. The Bertz CT molecular complexity index is 932. The minimum atomic E-state index is 0.731. The number of benzene rings is 3. The molecule has 0 N–H and O–H groups in total. The van der Waals surface area contributed by atoms with E-state index in [0.29, 0.717) is 0 Å².